The standard InChI is InChI=1S/C19H9Cl5N2O3/c20-13-14(21)16(23)18(17(24)15(13)22)28-8-10-5-6-12(29-10)19(27)26-11-4-2-1-3-9(11)7-25/h1-6H,8H2,(H,26,27). The molecule has 0 atom stereocenters. The average molecular weight is 491 g/mol. The Bertz CT molecular complexity index is 1110. The van der Waals surface area contributed by atoms with Gasteiger partial charge in [0.25, 0.3) is 5.91 Å². The van der Waals surface area contributed by atoms with Gasteiger partial charge in [0.15, 0.2) is 11.5 Å². The van der Waals surface area contributed by atoms with Gasteiger partial charge >= 0.3 is 0 Å². The molecule has 3 aromatic rings. The monoisotopic (exact) mass is 488 g/mol. The molecule has 0 spiro atoms. The fourth-order valence-electron chi connectivity index (χ4n) is 2.31. The van der Waals surface area contributed by atoms with Crippen LogP contribution >= 0.6 is 58.0 Å². The third-order valence-corrected chi connectivity index (χ3v) is 5.95. The van der Waals surface area contributed by atoms with E-state index in [4.69, 9.17) is 72.4 Å². The minimum Gasteiger partial charge on any atom is -0.482 e. The second kappa shape index (κ2) is 9.17. The molecule has 0 radical (unpaired) electrons. The molecule has 1 aromatic heterocycles. The molecule has 3 rings (SSSR count). The van der Waals surface area contributed by atoms with Gasteiger partial charge in [0, 0.05) is 0 Å². The minimum absolute atomic E-state index is 0.00343. The predicted molar refractivity (Wildman–Crippen MR) is 114 cm³/mol. The van der Waals surface area contributed by atoms with Gasteiger partial charge in [0.05, 0.1) is 26.3 Å². The highest BCUT2D eigenvalue weighted by molar-refractivity contribution is 6.55. The quantitative estimate of drug-likeness (QED) is 0.302. The number of ether oxygens (including phenoxy) is 1. The average Bonchev–Trinajstić information content (AvgIpc) is 3.20. The van der Waals surface area contributed by atoms with Crippen LogP contribution in [0, 0.1) is 11.3 Å². The lowest BCUT2D eigenvalue weighted by atomic mass is 10.2. The molecule has 10 heteroatoms. The molecule has 0 aliphatic carbocycles. The summed E-state index contributed by atoms with van der Waals surface area (Å²) >= 11 is 30.2. The van der Waals surface area contributed by atoms with E-state index in [1.165, 1.54) is 6.07 Å². The van der Waals surface area contributed by atoms with Crippen LogP contribution in [-0.2, 0) is 6.61 Å². The largest absolute Gasteiger partial charge is 0.482 e. The lowest BCUT2D eigenvalue weighted by Gasteiger charge is -2.12. The first-order valence-electron chi connectivity index (χ1n) is 7.87. The van der Waals surface area contributed by atoms with Crippen molar-refractivity contribution in [2.45, 2.75) is 6.61 Å². The first kappa shape index (κ1) is 21.6. The van der Waals surface area contributed by atoms with Crippen LogP contribution in [0.5, 0.6) is 5.75 Å². The van der Waals surface area contributed by atoms with Gasteiger partial charge in [0.1, 0.15) is 28.5 Å². The zero-order chi connectivity index (χ0) is 21.1. The molecule has 1 N–H and O–H groups in total. The molecule has 0 aliphatic heterocycles. The Hall–Kier alpha value is -2.07. The summed E-state index contributed by atoms with van der Waals surface area (Å²) < 4.78 is 11.0. The van der Waals surface area contributed by atoms with E-state index in [0.29, 0.717) is 17.0 Å². The van der Waals surface area contributed by atoms with E-state index in [2.05, 4.69) is 5.32 Å². The molecule has 0 unspecified atom stereocenters. The Balaban J connectivity index is 1.73. The Morgan fingerprint density at radius 2 is 1.59 bits per heavy atom. The van der Waals surface area contributed by atoms with E-state index >= 15 is 0 Å². The number of hydrogen-bond acceptors (Lipinski definition) is 4. The van der Waals surface area contributed by atoms with Crippen LogP contribution in [0.2, 0.25) is 25.1 Å². The second-order valence-corrected chi connectivity index (χ2v) is 7.46. The van der Waals surface area contributed by atoms with E-state index in [-0.39, 0.29) is 43.2 Å². The number of para-hydroxylation sites is 1. The summed E-state index contributed by atoms with van der Waals surface area (Å²) in [5, 5.41) is 11.8. The van der Waals surface area contributed by atoms with Crippen molar-refractivity contribution in [2.24, 2.45) is 0 Å². The van der Waals surface area contributed by atoms with E-state index in [9.17, 15) is 4.79 Å². The number of hydrogen-bond donors (Lipinski definition) is 1. The van der Waals surface area contributed by atoms with E-state index < -0.39 is 5.91 Å². The van der Waals surface area contributed by atoms with Gasteiger partial charge in [-0.15, -0.1) is 0 Å². The van der Waals surface area contributed by atoms with E-state index in [0.717, 1.165) is 0 Å². The molecule has 148 valence electrons. The topological polar surface area (TPSA) is 75.3 Å². The highest BCUT2D eigenvalue weighted by Gasteiger charge is 2.21. The third kappa shape index (κ3) is 4.58. The van der Waals surface area contributed by atoms with Gasteiger partial charge in [-0.05, 0) is 24.3 Å². The van der Waals surface area contributed by atoms with E-state index in [1.807, 2.05) is 6.07 Å². The maximum absolute atomic E-state index is 12.4. The number of benzene rings is 2. The summed E-state index contributed by atoms with van der Waals surface area (Å²) in [4.78, 5) is 12.4. The Kier molecular flexibility index (Phi) is 6.84. The van der Waals surface area contributed by atoms with Crippen LogP contribution in [0.3, 0.4) is 0 Å². The summed E-state index contributed by atoms with van der Waals surface area (Å²) in [5.41, 5.74) is 0.704. The molecule has 1 amide bonds. The van der Waals surface area contributed by atoms with Crippen molar-refractivity contribution in [2.75, 3.05) is 5.32 Å². The molecule has 0 bridgehead atoms. The molecule has 29 heavy (non-hydrogen) atoms. The van der Waals surface area contributed by atoms with Crippen LogP contribution in [0.4, 0.5) is 5.69 Å². The Morgan fingerprint density at radius 1 is 0.966 bits per heavy atom. The van der Waals surface area contributed by atoms with Crippen molar-refractivity contribution in [3.05, 3.63) is 78.6 Å². The van der Waals surface area contributed by atoms with Crippen LogP contribution in [0.25, 0.3) is 0 Å². The highest BCUT2D eigenvalue weighted by Crippen LogP contribution is 2.48. The maximum Gasteiger partial charge on any atom is 0.291 e. The third-order valence-electron chi connectivity index (χ3n) is 3.71. The number of amides is 1. The number of nitrogens with one attached hydrogen (secondary N) is 1. The van der Waals surface area contributed by atoms with Gasteiger partial charge in [-0.2, -0.15) is 5.26 Å². The van der Waals surface area contributed by atoms with Gasteiger partial charge in [-0.25, -0.2) is 0 Å². The smallest absolute Gasteiger partial charge is 0.291 e. The highest BCUT2D eigenvalue weighted by atomic mass is 35.5. The molecule has 5 nitrogen and oxygen atoms in total. The number of anilines is 1. The maximum atomic E-state index is 12.4. The summed E-state index contributed by atoms with van der Waals surface area (Å²) in [6.07, 6.45) is 0. The number of rotatable bonds is 5. The fourth-order valence-corrected chi connectivity index (χ4v) is 3.54. The van der Waals surface area contributed by atoms with Crippen molar-refractivity contribution in [1.82, 2.24) is 0 Å². The zero-order valence-electron chi connectivity index (χ0n) is 14.2. The lowest BCUT2D eigenvalue weighted by molar-refractivity contribution is 0.0992. The normalized spacial score (nSPS) is 10.5. The first-order valence-corrected chi connectivity index (χ1v) is 9.76. The molecule has 0 saturated heterocycles. The second-order valence-electron chi connectivity index (χ2n) is 5.57. The molecule has 1 heterocycles. The van der Waals surface area contributed by atoms with Gasteiger partial charge in [0.2, 0.25) is 0 Å². The van der Waals surface area contributed by atoms with Gasteiger partial charge < -0.3 is 14.5 Å². The number of carbonyl (C=O) groups is 1. The fraction of sp³-hybridized carbons (Fsp3) is 0.0526. The number of nitriles is 1. The number of nitrogens with zero attached hydrogens (tertiary/aromatic N) is 1. The van der Waals surface area contributed by atoms with Crippen LogP contribution in [-0.4, -0.2) is 5.91 Å². The molecule has 0 aliphatic rings. The van der Waals surface area contributed by atoms with Crippen molar-refractivity contribution < 1.29 is 13.9 Å². The van der Waals surface area contributed by atoms with Gasteiger partial charge in [-0.3, -0.25) is 4.79 Å². The van der Waals surface area contributed by atoms with Crippen LogP contribution in [0.15, 0.2) is 40.8 Å². The van der Waals surface area contributed by atoms with Crippen molar-refractivity contribution in [3.63, 3.8) is 0 Å². The van der Waals surface area contributed by atoms with Crippen molar-refractivity contribution in [3.8, 4) is 11.8 Å². The molecular weight excluding hydrogens is 481 g/mol. The summed E-state index contributed by atoms with van der Waals surface area (Å²) in [7, 11) is 0. The Labute approximate surface area is 190 Å². The predicted octanol–water partition coefficient (Wildman–Crippen LogP) is 7.25. The number of furan rings is 1. The molecule has 0 fully saturated rings. The van der Waals surface area contributed by atoms with Gasteiger partial charge in [-0.1, -0.05) is 70.1 Å². The molecular formula is C19H9Cl5N2O3. The summed E-state index contributed by atoms with van der Waals surface area (Å²) in [6, 6.07) is 11.6. The SMILES string of the molecule is N#Cc1ccccc1NC(=O)c1ccc(COc2c(Cl)c(Cl)c(Cl)c(Cl)c2Cl)o1. The number of halogens is 5. The minimum atomic E-state index is -0.521. The molecule has 0 saturated carbocycles. The van der Waals surface area contributed by atoms with Crippen molar-refractivity contribution in [1.29, 1.82) is 5.26 Å². The zero-order valence-corrected chi connectivity index (χ0v) is 18.0. The number of carbonyl (C=O) groups excluding carboxylic acids is 1. The van der Waals surface area contributed by atoms with E-state index in [1.54, 1.807) is 30.3 Å². The first-order chi connectivity index (χ1) is 13.8. The molecule has 2 aromatic carbocycles. The summed E-state index contributed by atoms with van der Waals surface area (Å²) in [5.74, 6) is -0.135. The summed E-state index contributed by atoms with van der Waals surface area (Å²) in [6.45, 7) is -0.101. The van der Waals surface area contributed by atoms with Crippen molar-refractivity contribution >= 4 is 69.6 Å². The van der Waals surface area contributed by atoms with Crippen LogP contribution < -0.4 is 10.1 Å². The lowest BCUT2D eigenvalue weighted by Crippen LogP contribution is -2.11. The Morgan fingerprint density at radius 3 is 2.24 bits per heavy atom. The van der Waals surface area contributed by atoms with Crippen LogP contribution in [0.1, 0.15) is 21.9 Å².